The Morgan fingerprint density at radius 3 is 3.00 bits per heavy atom. The number of nitrogens with one attached hydrogen (secondary N) is 2. The Labute approximate surface area is 78.0 Å². The highest BCUT2D eigenvalue weighted by Gasteiger charge is 1.96. The number of aryl methyl sites for hydroxylation is 1. The second-order valence-electron chi connectivity index (χ2n) is 2.72. The van der Waals surface area contributed by atoms with Crippen LogP contribution in [0.3, 0.4) is 0 Å². The normalized spacial score (nSPS) is 10.3. The molecule has 3 heteroatoms. The number of nitrogens with zero attached hydrogens (tertiary/aromatic N) is 1. The van der Waals surface area contributed by atoms with Crippen LogP contribution < -0.4 is 5.32 Å². The number of pyridine rings is 1. The summed E-state index contributed by atoms with van der Waals surface area (Å²) in [6, 6.07) is 3.72. The molecule has 0 spiro atoms. The van der Waals surface area contributed by atoms with Crippen LogP contribution in [0.2, 0.25) is 0 Å². The lowest BCUT2D eigenvalue weighted by atomic mass is 10.1. The van der Waals surface area contributed by atoms with Gasteiger partial charge in [-0.05, 0) is 31.3 Å². The number of allylic oxidation sites excluding steroid dienone is 1. The first kappa shape index (κ1) is 9.45. The molecular formula is C10H13N3. The van der Waals surface area contributed by atoms with Crippen LogP contribution in [0.15, 0.2) is 30.6 Å². The summed E-state index contributed by atoms with van der Waals surface area (Å²) >= 11 is 0. The Morgan fingerprint density at radius 2 is 2.38 bits per heavy atom. The number of hydrogen-bond acceptors (Lipinski definition) is 3. The fraction of sp³-hybridized carbons (Fsp3) is 0.200. The maximum Gasteiger partial charge on any atom is 0.0627 e. The van der Waals surface area contributed by atoms with Crippen molar-refractivity contribution >= 4 is 5.71 Å². The van der Waals surface area contributed by atoms with Crippen molar-refractivity contribution in [3.8, 4) is 0 Å². The van der Waals surface area contributed by atoms with E-state index in [1.54, 1.807) is 18.5 Å². The molecule has 68 valence electrons. The van der Waals surface area contributed by atoms with Crippen molar-refractivity contribution in [2.24, 2.45) is 0 Å². The van der Waals surface area contributed by atoms with E-state index < -0.39 is 0 Å². The fourth-order valence-corrected chi connectivity index (χ4v) is 0.976. The number of rotatable bonds is 3. The SMILES string of the molecule is CN/C=C\C(=N)c1ccnc(C)c1. The molecule has 0 radical (unpaired) electrons. The maximum absolute atomic E-state index is 7.68. The Kier molecular flexibility index (Phi) is 3.20. The highest BCUT2D eigenvalue weighted by molar-refractivity contribution is 6.06. The molecule has 1 aromatic heterocycles. The quantitative estimate of drug-likeness (QED) is 0.684. The molecule has 1 heterocycles. The summed E-state index contributed by atoms with van der Waals surface area (Å²) in [4.78, 5) is 4.07. The van der Waals surface area contributed by atoms with E-state index in [0.717, 1.165) is 11.3 Å². The molecule has 0 aliphatic heterocycles. The van der Waals surface area contributed by atoms with Crippen LogP contribution in [0.5, 0.6) is 0 Å². The molecule has 0 bridgehead atoms. The van der Waals surface area contributed by atoms with Gasteiger partial charge in [-0.15, -0.1) is 0 Å². The lowest BCUT2D eigenvalue weighted by Gasteiger charge is -1.98. The Hall–Kier alpha value is -1.64. The van der Waals surface area contributed by atoms with E-state index in [4.69, 9.17) is 5.41 Å². The van der Waals surface area contributed by atoms with E-state index in [1.165, 1.54) is 0 Å². The van der Waals surface area contributed by atoms with Crippen molar-refractivity contribution in [3.05, 3.63) is 41.9 Å². The lowest BCUT2D eigenvalue weighted by molar-refractivity contribution is 1.10. The topological polar surface area (TPSA) is 48.8 Å². The van der Waals surface area contributed by atoms with Gasteiger partial charge in [0.1, 0.15) is 0 Å². The molecule has 0 fully saturated rings. The average molecular weight is 175 g/mol. The third-order valence-electron chi connectivity index (χ3n) is 1.62. The van der Waals surface area contributed by atoms with Gasteiger partial charge in [0.25, 0.3) is 0 Å². The van der Waals surface area contributed by atoms with Crippen LogP contribution in [0.25, 0.3) is 0 Å². The van der Waals surface area contributed by atoms with E-state index in [1.807, 2.05) is 26.1 Å². The van der Waals surface area contributed by atoms with Crippen LogP contribution in [0.1, 0.15) is 11.3 Å². The van der Waals surface area contributed by atoms with Crippen LogP contribution >= 0.6 is 0 Å². The van der Waals surface area contributed by atoms with Crippen molar-refractivity contribution in [2.45, 2.75) is 6.92 Å². The van der Waals surface area contributed by atoms with E-state index >= 15 is 0 Å². The predicted molar refractivity (Wildman–Crippen MR) is 54.0 cm³/mol. The molecule has 0 aromatic carbocycles. The summed E-state index contributed by atoms with van der Waals surface area (Å²) in [6.07, 6.45) is 5.17. The molecule has 1 aromatic rings. The molecular weight excluding hydrogens is 162 g/mol. The van der Waals surface area contributed by atoms with Crippen LogP contribution in [0, 0.1) is 12.3 Å². The summed E-state index contributed by atoms with van der Waals surface area (Å²) in [6.45, 7) is 1.92. The van der Waals surface area contributed by atoms with Gasteiger partial charge in [-0.1, -0.05) is 0 Å². The third-order valence-corrected chi connectivity index (χ3v) is 1.62. The molecule has 1 rings (SSSR count). The molecule has 0 atom stereocenters. The molecule has 13 heavy (non-hydrogen) atoms. The van der Waals surface area contributed by atoms with Crippen molar-refractivity contribution in [2.75, 3.05) is 7.05 Å². The summed E-state index contributed by atoms with van der Waals surface area (Å²) in [5.41, 5.74) is 2.30. The van der Waals surface area contributed by atoms with E-state index in [2.05, 4.69) is 10.3 Å². The van der Waals surface area contributed by atoms with Gasteiger partial charge >= 0.3 is 0 Å². The summed E-state index contributed by atoms with van der Waals surface area (Å²) < 4.78 is 0. The summed E-state index contributed by atoms with van der Waals surface area (Å²) in [5, 5.41) is 10.5. The maximum atomic E-state index is 7.68. The van der Waals surface area contributed by atoms with Gasteiger partial charge in [-0.3, -0.25) is 4.98 Å². The first-order valence-electron chi connectivity index (χ1n) is 4.09. The van der Waals surface area contributed by atoms with Crippen molar-refractivity contribution in [1.82, 2.24) is 10.3 Å². The number of aromatic nitrogens is 1. The Bertz CT molecular complexity index is 329. The standard InChI is InChI=1S/C10H13N3/c1-8-7-9(3-6-13-8)10(11)4-5-12-2/h3-7,11-12H,1-2H3/b5-4-,11-10?. The molecule has 3 nitrogen and oxygen atoms in total. The molecule has 2 N–H and O–H groups in total. The summed E-state index contributed by atoms with van der Waals surface area (Å²) in [5.74, 6) is 0. The van der Waals surface area contributed by atoms with Gasteiger partial charge in [-0.25, -0.2) is 0 Å². The van der Waals surface area contributed by atoms with Crippen molar-refractivity contribution < 1.29 is 0 Å². The van der Waals surface area contributed by atoms with E-state index in [9.17, 15) is 0 Å². The minimum Gasteiger partial charge on any atom is -0.394 e. The number of hydrogen-bond donors (Lipinski definition) is 2. The zero-order valence-electron chi connectivity index (χ0n) is 7.83. The smallest absolute Gasteiger partial charge is 0.0627 e. The lowest BCUT2D eigenvalue weighted by Crippen LogP contribution is -1.99. The molecule has 0 unspecified atom stereocenters. The fourth-order valence-electron chi connectivity index (χ4n) is 0.976. The van der Waals surface area contributed by atoms with Gasteiger partial charge in [0.2, 0.25) is 0 Å². The minimum absolute atomic E-state index is 0.486. The first-order valence-corrected chi connectivity index (χ1v) is 4.09. The first-order chi connectivity index (χ1) is 6.24. The van der Waals surface area contributed by atoms with Crippen LogP contribution in [0.4, 0.5) is 0 Å². The van der Waals surface area contributed by atoms with Gasteiger partial charge in [0.05, 0.1) is 5.71 Å². The minimum atomic E-state index is 0.486. The van der Waals surface area contributed by atoms with Gasteiger partial charge in [-0.2, -0.15) is 0 Å². The van der Waals surface area contributed by atoms with E-state index in [0.29, 0.717) is 5.71 Å². The monoisotopic (exact) mass is 175 g/mol. The van der Waals surface area contributed by atoms with Crippen molar-refractivity contribution in [3.63, 3.8) is 0 Å². The van der Waals surface area contributed by atoms with E-state index in [-0.39, 0.29) is 0 Å². The largest absolute Gasteiger partial charge is 0.394 e. The van der Waals surface area contributed by atoms with Gasteiger partial charge in [0.15, 0.2) is 0 Å². The molecule has 0 amide bonds. The molecule has 0 aliphatic carbocycles. The highest BCUT2D eigenvalue weighted by Crippen LogP contribution is 2.02. The van der Waals surface area contributed by atoms with Crippen molar-refractivity contribution in [1.29, 1.82) is 5.41 Å². The third kappa shape index (κ3) is 2.71. The predicted octanol–water partition coefficient (Wildman–Crippen LogP) is 1.49. The highest BCUT2D eigenvalue weighted by atomic mass is 14.8. The molecule has 0 saturated carbocycles. The Morgan fingerprint density at radius 1 is 1.62 bits per heavy atom. The second kappa shape index (κ2) is 4.40. The average Bonchev–Trinajstić information content (AvgIpc) is 2.14. The van der Waals surface area contributed by atoms with Gasteiger partial charge < -0.3 is 10.7 Å². The van der Waals surface area contributed by atoms with Gasteiger partial charge in [0, 0.05) is 24.5 Å². The second-order valence-corrected chi connectivity index (χ2v) is 2.72. The molecule has 0 saturated heterocycles. The Balaban J connectivity index is 2.83. The molecule has 0 aliphatic rings. The zero-order chi connectivity index (χ0) is 9.68. The van der Waals surface area contributed by atoms with Crippen LogP contribution in [-0.2, 0) is 0 Å². The van der Waals surface area contributed by atoms with Crippen LogP contribution in [-0.4, -0.2) is 17.7 Å². The zero-order valence-corrected chi connectivity index (χ0v) is 7.83. The summed E-state index contributed by atoms with van der Waals surface area (Å²) in [7, 11) is 1.81.